The van der Waals surface area contributed by atoms with E-state index in [4.69, 9.17) is 4.78 Å². The van der Waals surface area contributed by atoms with Crippen molar-refractivity contribution >= 4 is 21.3 Å². The quantitative estimate of drug-likeness (QED) is 0.782. The first-order valence-electron chi connectivity index (χ1n) is 7.10. The van der Waals surface area contributed by atoms with Crippen molar-refractivity contribution in [1.82, 2.24) is 5.32 Å². The molecule has 3 N–H and O–H groups in total. The Labute approximate surface area is 132 Å². The fourth-order valence-corrected chi connectivity index (χ4v) is 3.51. The van der Waals surface area contributed by atoms with Gasteiger partial charge in [-0.1, -0.05) is 6.42 Å². The van der Waals surface area contributed by atoms with Crippen LogP contribution < -0.4 is 10.6 Å². The first-order chi connectivity index (χ1) is 10.7. The lowest BCUT2D eigenvalue weighted by atomic mass is 10.0. The Morgan fingerprint density at radius 2 is 1.87 bits per heavy atom. The van der Waals surface area contributed by atoms with Gasteiger partial charge in [-0.25, -0.2) is 8.99 Å². The Bertz CT molecular complexity index is 672. The van der Waals surface area contributed by atoms with Gasteiger partial charge in [0.2, 0.25) is 5.91 Å². The molecule has 0 bridgehead atoms. The van der Waals surface area contributed by atoms with Gasteiger partial charge in [-0.2, -0.15) is 13.2 Å². The van der Waals surface area contributed by atoms with Crippen LogP contribution in [-0.4, -0.2) is 28.7 Å². The van der Waals surface area contributed by atoms with Gasteiger partial charge in [0.1, 0.15) is 0 Å². The van der Waals surface area contributed by atoms with Crippen molar-refractivity contribution in [2.75, 3.05) is 12.4 Å². The zero-order chi connectivity index (χ0) is 17.3. The number of halogens is 3. The standard InChI is InChI=1S/C14H18F3N3O2S/c1-19-13(21)11-3-2-4-12(11)20-9-5-7-10(8-6-9)23(18,22)14(15,16)17/h5-8,11-12,18,20H,2-4H2,1H3,(H,19,21). The van der Waals surface area contributed by atoms with Crippen molar-refractivity contribution in [3.05, 3.63) is 24.3 Å². The van der Waals surface area contributed by atoms with E-state index in [0.717, 1.165) is 31.4 Å². The zero-order valence-electron chi connectivity index (χ0n) is 12.4. The largest absolute Gasteiger partial charge is 0.483 e. The van der Waals surface area contributed by atoms with Crippen LogP contribution in [0, 0.1) is 10.7 Å². The number of hydrogen-bond donors (Lipinski definition) is 3. The maximum atomic E-state index is 12.6. The maximum absolute atomic E-state index is 12.6. The monoisotopic (exact) mass is 349 g/mol. The Balaban J connectivity index is 2.13. The Morgan fingerprint density at radius 3 is 2.39 bits per heavy atom. The summed E-state index contributed by atoms with van der Waals surface area (Å²) in [7, 11) is -3.28. The van der Waals surface area contributed by atoms with E-state index in [1.54, 1.807) is 7.05 Å². The maximum Gasteiger partial charge on any atom is 0.483 e. The molecule has 1 saturated carbocycles. The van der Waals surface area contributed by atoms with Gasteiger partial charge in [-0.05, 0) is 37.1 Å². The number of alkyl halides is 3. The minimum absolute atomic E-state index is 0.0668. The SMILES string of the molecule is CNC(=O)C1CCCC1Nc1ccc(S(=N)(=O)C(F)(F)F)cc1. The number of carbonyl (C=O) groups is 1. The smallest absolute Gasteiger partial charge is 0.382 e. The average Bonchev–Trinajstić information content (AvgIpc) is 2.94. The molecule has 128 valence electrons. The first-order valence-corrected chi connectivity index (χ1v) is 8.66. The van der Waals surface area contributed by atoms with Crippen LogP contribution in [0.1, 0.15) is 19.3 Å². The summed E-state index contributed by atoms with van der Waals surface area (Å²) < 4.78 is 56.4. The van der Waals surface area contributed by atoms with E-state index in [0.29, 0.717) is 5.69 Å². The molecule has 23 heavy (non-hydrogen) atoms. The van der Waals surface area contributed by atoms with E-state index >= 15 is 0 Å². The van der Waals surface area contributed by atoms with Gasteiger partial charge in [0.15, 0.2) is 9.73 Å². The van der Waals surface area contributed by atoms with Crippen molar-refractivity contribution in [1.29, 1.82) is 4.78 Å². The lowest BCUT2D eigenvalue weighted by Crippen LogP contribution is -2.36. The molecule has 1 aliphatic carbocycles. The van der Waals surface area contributed by atoms with Gasteiger partial charge in [0.05, 0.1) is 10.8 Å². The highest BCUT2D eigenvalue weighted by molar-refractivity contribution is 7.93. The molecule has 1 amide bonds. The Morgan fingerprint density at radius 1 is 1.26 bits per heavy atom. The molecule has 0 aromatic heterocycles. The summed E-state index contributed by atoms with van der Waals surface area (Å²) in [5, 5.41) is 5.73. The minimum atomic E-state index is -5.10. The van der Waals surface area contributed by atoms with Crippen LogP contribution >= 0.6 is 0 Å². The molecule has 0 heterocycles. The number of amides is 1. The van der Waals surface area contributed by atoms with Gasteiger partial charge >= 0.3 is 5.51 Å². The second kappa shape index (κ2) is 6.38. The summed E-state index contributed by atoms with van der Waals surface area (Å²) in [5.41, 5.74) is -4.57. The molecule has 0 saturated heterocycles. The molecule has 0 radical (unpaired) electrons. The number of nitrogens with one attached hydrogen (secondary N) is 3. The summed E-state index contributed by atoms with van der Waals surface area (Å²) in [6.07, 6.45) is 2.43. The lowest BCUT2D eigenvalue weighted by Gasteiger charge is -2.21. The fourth-order valence-electron chi connectivity index (χ4n) is 2.72. The van der Waals surface area contributed by atoms with E-state index in [-0.39, 0.29) is 17.9 Å². The first kappa shape index (κ1) is 17.6. The van der Waals surface area contributed by atoms with Crippen molar-refractivity contribution in [3.63, 3.8) is 0 Å². The van der Waals surface area contributed by atoms with Gasteiger partial charge in [0.25, 0.3) is 0 Å². The van der Waals surface area contributed by atoms with Crippen LogP contribution in [0.2, 0.25) is 0 Å². The summed E-state index contributed by atoms with van der Waals surface area (Å²) in [6, 6.07) is 4.69. The lowest BCUT2D eigenvalue weighted by molar-refractivity contribution is -0.124. The Hall–Kier alpha value is -1.77. The predicted octanol–water partition coefficient (Wildman–Crippen LogP) is 2.94. The Kier molecular flexibility index (Phi) is 4.88. The van der Waals surface area contributed by atoms with Crippen molar-refractivity contribution < 1.29 is 22.2 Å². The third-order valence-electron chi connectivity index (χ3n) is 3.96. The molecule has 3 atom stereocenters. The predicted molar refractivity (Wildman–Crippen MR) is 80.4 cm³/mol. The van der Waals surface area contributed by atoms with Crippen LogP contribution in [0.4, 0.5) is 18.9 Å². The molecule has 1 aliphatic rings. The molecule has 0 aliphatic heterocycles. The summed E-state index contributed by atoms with van der Waals surface area (Å²) in [4.78, 5) is 11.2. The minimum Gasteiger partial charge on any atom is -0.382 e. The van der Waals surface area contributed by atoms with Crippen LogP contribution in [-0.2, 0) is 14.5 Å². The second-order valence-corrected chi connectivity index (χ2v) is 7.48. The van der Waals surface area contributed by atoms with Crippen LogP contribution in [0.15, 0.2) is 29.2 Å². The van der Waals surface area contributed by atoms with Crippen molar-refractivity contribution in [2.45, 2.75) is 35.7 Å². The molecule has 5 nitrogen and oxygen atoms in total. The number of carbonyl (C=O) groups excluding carboxylic acids is 1. The number of anilines is 1. The second-order valence-electron chi connectivity index (χ2n) is 5.43. The molecule has 2 rings (SSSR count). The molecule has 3 unspecified atom stereocenters. The molecule has 1 fully saturated rings. The third-order valence-corrected chi connectivity index (χ3v) is 5.55. The number of rotatable bonds is 4. The molecule has 1 aromatic carbocycles. The molecule has 1 aromatic rings. The highest BCUT2D eigenvalue weighted by atomic mass is 32.2. The summed E-state index contributed by atoms with van der Waals surface area (Å²) in [5.74, 6) is -0.252. The van der Waals surface area contributed by atoms with Gasteiger partial charge in [0, 0.05) is 18.8 Å². The van der Waals surface area contributed by atoms with Crippen molar-refractivity contribution in [3.8, 4) is 0 Å². The van der Waals surface area contributed by atoms with Crippen LogP contribution in [0.3, 0.4) is 0 Å². The molecular formula is C14H18F3N3O2S. The molecule has 9 heteroatoms. The van der Waals surface area contributed by atoms with E-state index in [2.05, 4.69) is 10.6 Å². The zero-order valence-corrected chi connectivity index (χ0v) is 13.3. The average molecular weight is 349 g/mol. The van der Waals surface area contributed by atoms with Crippen molar-refractivity contribution in [2.24, 2.45) is 5.92 Å². The van der Waals surface area contributed by atoms with E-state index in [9.17, 15) is 22.2 Å². The topological polar surface area (TPSA) is 82.1 Å². The van der Waals surface area contributed by atoms with E-state index in [1.165, 1.54) is 12.1 Å². The third kappa shape index (κ3) is 3.60. The van der Waals surface area contributed by atoms with Gasteiger partial charge in [-0.3, -0.25) is 4.79 Å². The van der Waals surface area contributed by atoms with E-state index in [1.807, 2.05) is 0 Å². The number of hydrogen-bond acceptors (Lipinski definition) is 4. The van der Waals surface area contributed by atoms with E-state index < -0.39 is 20.1 Å². The number of benzene rings is 1. The summed E-state index contributed by atoms with van der Waals surface area (Å²) in [6.45, 7) is 0. The molecular weight excluding hydrogens is 331 g/mol. The highest BCUT2D eigenvalue weighted by Gasteiger charge is 2.43. The van der Waals surface area contributed by atoms with Gasteiger partial charge in [-0.15, -0.1) is 0 Å². The van der Waals surface area contributed by atoms with Crippen LogP contribution in [0.5, 0.6) is 0 Å². The van der Waals surface area contributed by atoms with Gasteiger partial charge < -0.3 is 10.6 Å². The molecule has 0 spiro atoms. The summed E-state index contributed by atoms with van der Waals surface area (Å²) >= 11 is 0. The highest BCUT2D eigenvalue weighted by Crippen LogP contribution is 2.32. The normalized spacial score (nSPS) is 24.0. The van der Waals surface area contributed by atoms with Crippen LogP contribution in [0.25, 0.3) is 0 Å². The fraction of sp³-hybridized carbons (Fsp3) is 0.500.